The van der Waals surface area contributed by atoms with Crippen LogP contribution in [0.4, 0.5) is 5.69 Å². The number of hydrogen-bond acceptors (Lipinski definition) is 3. The average Bonchev–Trinajstić information content (AvgIpc) is 2.39. The molecule has 1 aliphatic carbocycles. The van der Waals surface area contributed by atoms with Gasteiger partial charge in [-0.3, -0.25) is 0 Å². The standard InChI is InChI=1S/C15H24N2O/c1-17(2)13-7-5-8-14(10-13)18-15-9-4-3-6-12(15)11-16/h5,7-8,10,12,15H,3-4,6,9,11,16H2,1-2H3. The summed E-state index contributed by atoms with van der Waals surface area (Å²) in [6.45, 7) is 0.734. The molecule has 1 saturated carbocycles. The average molecular weight is 248 g/mol. The van der Waals surface area contributed by atoms with Gasteiger partial charge in [-0.25, -0.2) is 0 Å². The Hall–Kier alpha value is -1.22. The number of benzene rings is 1. The predicted molar refractivity (Wildman–Crippen MR) is 76.2 cm³/mol. The molecule has 0 amide bonds. The molecule has 0 heterocycles. The summed E-state index contributed by atoms with van der Waals surface area (Å²) in [5, 5.41) is 0. The van der Waals surface area contributed by atoms with Gasteiger partial charge < -0.3 is 15.4 Å². The minimum absolute atomic E-state index is 0.293. The maximum atomic E-state index is 6.14. The fourth-order valence-electron chi connectivity index (χ4n) is 2.61. The molecule has 3 heteroatoms. The Kier molecular flexibility index (Phi) is 4.48. The minimum Gasteiger partial charge on any atom is -0.490 e. The number of nitrogens with zero attached hydrogens (tertiary/aromatic N) is 1. The van der Waals surface area contributed by atoms with Gasteiger partial charge in [0.25, 0.3) is 0 Å². The fourth-order valence-corrected chi connectivity index (χ4v) is 2.61. The van der Waals surface area contributed by atoms with Crippen molar-refractivity contribution in [1.82, 2.24) is 0 Å². The van der Waals surface area contributed by atoms with Gasteiger partial charge in [0.05, 0.1) is 0 Å². The topological polar surface area (TPSA) is 38.5 Å². The summed E-state index contributed by atoms with van der Waals surface area (Å²) in [4.78, 5) is 2.09. The van der Waals surface area contributed by atoms with Crippen LogP contribution in [0.3, 0.4) is 0 Å². The first kappa shape index (κ1) is 13.2. The van der Waals surface area contributed by atoms with Crippen LogP contribution in [0.15, 0.2) is 24.3 Å². The quantitative estimate of drug-likeness (QED) is 0.890. The van der Waals surface area contributed by atoms with Gasteiger partial charge in [0.1, 0.15) is 11.9 Å². The molecule has 2 rings (SSSR count). The highest BCUT2D eigenvalue weighted by molar-refractivity contribution is 5.49. The lowest BCUT2D eigenvalue weighted by atomic mass is 9.86. The second kappa shape index (κ2) is 6.10. The van der Waals surface area contributed by atoms with Crippen molar-refractivity contribution in [2.45, 2.75) is 31.8 Å². The predicted octanol–water partition coefficient (Wildman–Crippen LogP) is 2.65. The summed E-state index contributed by atoms with van der Waals surface area (Å²) in [6, 6.07) is 8.27. The van der Waals surface area contributed by atoms with E-state index < -0.39 is 0 Å². The zero-order valence-electron chi connectivity index (χ0n) is 11.4. The van der Waals surface area contributed by atoms with E-state index in [4.69, 9.17) is 10.5 Å². The molecular weight excluding hydrogens is 224 g/mol. The summed E-state index contributed by atoms with van der Waals surface area (Å²) in [7, 11) is 4.09. The summed E-state index contributed by atoms with van der Waals surface area (Å²) >= 11 is 0. The van der Waals surface area contributed by atoms with E-state index in [1.165, 1.54) is 24.9 Å². The van der Waals surface area contributed by atoms with Crippen molar-refractivity contribution in [3.05, 3.63) is 24.3 Å². The monoisotopic (exact) mass is 248 g/mol. The van der Waals surface area contributed by atoms with Crippen molar-refractivity contribution >= 4 is 5.69 Å². The van der Waals surface area contributed by atoms with E-state index in [0.717, 1.165) is 18.7 Å². The molecule has 1 fully saturated rings. The van der Waals surface area contributed by atoms with Crippen LogP contribution >= 0.6 is 0 Å². The second-order valence-corrected chi connectivity index (χ2v) is 5.33. The van der Waals surface area contributed by atoms with Crippen LogP contribution in [0, 0.1) is 5.92 Å². The lowest BCUT2D eigenvalue weighted by Crippen LogP contribution is -2.35. The normalized spacial score (nSPS) is 23.7. The Balaban J connectivity index is 2.05. The highest BCUT2D eigenvalue weighted by atomic mass is 16.5. The molecule has 0 bridgehead atoms. The van der Waals surface area contributed by atoms with Gasteiger partial charge in [0.2, 0.25) is 0 Å². The molecule has 0 spiro atoms. The first-order valence-corrected chi connectivity index (χ1v) is 6.85. The van der Waals surface area contributed by atoms with Gasteiger partial charge in [-0.05, 0) is 37.9 Å². The molecule has 2 unspecified atom stereocenters. The van der Waals surface area contributed by atoms with E-state index in [9.17, 15) is 0 Å². The number of anilines is 1. The Morgan fingerprint density at radius 3 is 2.78 bits per heavy atom. The molecule has 2 atom stereocenters. The van der Waals surface area contributed by atoms with Crippen molar-refractivity contribution in [1.29, 1.82) is 0 Å². The smallest absolute Gasteiger partial charge is 0.121 e. The van der Waals surface area contributed by atoms with Crippen LogP contribution in [0.2, 0.25) is 0 Å². The van der Waals surface area contributed by atoms with Crippen LogP contribution in [0.1, 0.15) is 25.7 Å². The molecule has 3 nitrogen and oxygen atoms in total. The number of rotatable bonds is 4. The maximum Gasteiger partial charge on any atom is 0.121 e. The fraction of sp³-hybridized carbons (Fsp3) is 0.600. The van der Waals surface area contributed by atoms with Gasteiger partial charge in [-0.1, -0.05) is 12.5 Å². The summed E-state index contributed by atoms with van der Waals surface area (Å²) < 4.78 is 6.14. The van der Waals surface area contributed by atoms with Crippen LogP contribution in [0.5, 0.6) is 5.75 Å². The van der Waals surface area contributed by atoms with Crippen LogP contribution in [0.25, 0.3) is 0 Å². The molecule has 18 heavy (non-hydrogen) atoms. The van der Waals surface area contributed by atoms with Crippen molar-refractivity contribution in [3.8, 4) is 5.75 Å². The van der Waals surface area contributed by atoms with Gasteiger partial charge in [0.15, 0.2) is 0 Å². The first-order valence-electron chi connectivity index (χ1n) is 6.85. The number of hydrogen-bond donors (Lipinski definition) is 1. The van der Waals surface area contributed by atoms with Crippen molar-refractivity contribution in [2.75, 3.05) is 25.5 Å². The largest absolute Gasteiger partial charge is 0.490 e. The second-order valence-electron chi connectivity index (χ2n) is 5.33. The van der Waals surface area contributed by atoms with Crippen LogP contribution in [-0.2, 0) is 0 Å². The zero-order valence-corrected chi connectivity index (χ0v) is 11.4. The molecule has 1 aromatic carbocycles. The molecule has 100 valence electrons. The van der Waals surface area contributed by atoms with E-state index in [1.807, 2.05) is 26.2 Å². The van der Waals surface area contributed by atoms with Crippen molar-refractivity contribution < 1.29 is 4.74 Å². The summed E-state index contributed by atoms with van der Waals surface area (Å²) in [5.74, 6) is 1.48. The zero-order chi connectivity index (χ0) is 13.0. The molecule has 1 aromatic rings. The van der Waals surface area contributed by atoms with Gasteiger partial charge >= 0.3 is 0 Å². The van der Waals surface area contributed by atoms with Gasteiger partial charge in [0, 0.05) is 31.8 Å². The summed E-state index contributed by atoms with van der Waals surface area (Å²) in [6.07, 6.45) is 5.18. The molecule has 1 aliphatic rings. The summed E-state index contributed by atoms with van der Waals surface area (Å²) in [5.41, 5.74) is 7.01. The number of ether oxygens (including phenoxy) is 1. The molecule has 0 aromatic heterocycles. The van der Waals surface area contributed by atoms with Crippen molar-refractivity contribution in [2.24, 2.45) is 11.7 Å². The Morgan fingerprint density at radius 1 is 1.28 bits per heavy atom. The van der Waals surface area contributed by atoms with E-state index in [-0.39, 0.29) is 0 Å². The number of nitrogens with two attached hydrogens (primary N) is 1. The molecule has 0 saturated heterocycles. The van der Waals surface area contributed by atoms with Crippen LogP contribution in [-0.4, -0.2) is 26.7 Å². The molecule has 0 aliphatic heterocycles. The minimum atomic E-state index is 0.293. The van der Waals surface area contributed by atoms with Gasteiger partial charge in [-0.2, -0.15) is 0 Å². The van der Waals surface area contributed by atoms with E-state index in [1.54, 1.807) is 0 Å². The first-order chi connectivity index (χ1) is 8.70. The molecule has 0 radical (unpaired) electrons. The highest BCUT2D eigenvalue weighted by Gasteiger charge is 2.25. The lowest BCUT2D eigenvalue weighted by molar-refractivity contribution is 0.0970. The Bertz CT molecular complexity index is 379. The van der Waals surface area contributed by atoms with E-state index >= 15 is 0 Å². The van der Waals surface area contributed by atoms with Crippen LogP contribution < -0.4 is 15.4 Å². The van der Waals surface area contributed by atoms with E-state index in [0.29, 0.717) is 12.0 Å². The Labute approximate surface area is 110 Å². The molecular formula is C15H24N2O. The molecule has 2 N–H and O–H groups in total. The third-order valence-corrected chi connectivity index (χ3v) is 3.76. The van der Waals surface area contributed by atoms with Crippen molar-refractivity contribution in [3.63, 3.8) is 0 Å². The maximum absolute atomic E-state index is 6.14. The third-order valence-electron chi connectivity index (χ3n) is 3.76. The SMILES string of the molecule is CN(C)c1cccc(OC2CCCCC2CN)c1. The highest BCUT2D eigenvalue weighted by Crippen LogP contribution is 2.29. The lowest BCUT2D eigenvalue weighted by Gasteiger charge is -2.31. The third kappa shape index (κ3) is 3.16. The van der Waals surface area contributed by atoms with Gasteiger partial charge in [-0.15, -0.1) is 0 Å². The Morgan fingerprint density at radius 2 is 2.06 bits per heavy atom. The van der Waals surface area contributed by atoms with E-state index in [2.05, 4.69) is 17.0 Å².